The van der Waals surface area contributed by atoms with Crippen LogP contribution in [0.2, 0.25) is 0 Å². The molecule has 1 aliphatic rings. The van der Waals surface area contributed by atoms with Crippen molar-refractivity contribution in [3.63, 3.8) is 0 Å². The molecule has 0 saturated heterocycles. The summed E-state index contributed by atoms with van der Waals surface area (Å²) in [5, 5.41) is -0.157. The average Bonchev–Trinajstić information content (AvgIpc) is 3.25. The second-order valence-corrected chi connectivity index (χ2v) is 8.79. The first kappa shape index (κ1) is 20.7. The second kappa shape index (κ2) is 8.57. The van der Waals surface area contributed by atoms with Crippen LogP contribution in [0.4, 0.5) is 0 Å². The van der Waals surface area contributed by atoms with Crippen molar-refractivity contribution in [3.8, 4) is 0 Å². The molecule has 0 fully saturated rings. The molecule has 2 aromatic rings. The third-order valence-corrected chi connectivity index (χ3v) is 4.45. The lowest BCUT2D eigenvalue weighted by Crippen LogP contribution is -2.50. The van der Waals surface area contributed by atoms with Crippen molar-refractivity contribution >= 4 is 70.1 Å². The molecule has 0 spiro atoms. The number of alkyl halides is 4. The zero-order valence-electron chi connectivity index (χ0n) is 14.1. The third kappa shape index (κ3) is 5.08. The largest absolute Gasteiger partial charge is 0.465 e. The molecular formula is C18H13Cl4N3O3. The van der Waals surface area contributed by atoms with Gasteiger partial charge in [0.05, 0.1) is 6.26 Å². The Balaban J connectivity index is 1.89. The number of furan rings is 1. The lowest BCUT2D eigenvalue weighted by atomic mass is 10.2. The molecule has 1 unspecified atom stereocenters. The van der Waals surface area contributed by atoms with E-state index in [9.17, 15) is 9.59 Å². The normalized spacial score (nSPS) is 17.0. The van der Waals surface area contributed by atoms with E-state index in [0.717, 1.165) is 5.01 Å². The zero-order valence-corrected chi connectivity index (χ0v) is 17.1. The van der Waals surface area contributed by atoms with Gasteiger partial charge in [0.15, 0.2) is 9.63 Å². The Labute approximate surface area is 180 Å². The van der Waals surface area contributed by atoms with Crippen molar-refractivity contribution in [2.45, 2.75) is 15.6 Å². The number of amidine groups is 1. The van der Waals surface area contributed by atoms with Gasteiger partial charge in [-0.1, -0.05) is 65.1 Å². The van der Waals surface area contributed by atoms with Gasteiger partial charge in [-0.05, 0) is 12.1 Å². The number of nitrogens with zero attached hydrogens (tertiary/aromatic N) is 2. The SMILES string of the molecule is O=C(NN1C(=O)C(=Cc2ccco2)N=C1c1ccccc1)C(Cl)CC(Cl)(Cl)Cl. The molecule has 1 N–H and O–H groups in total. The van der Waals surface area contributed by atoms with E-state index in [1.807, 2.05) is 6.07 Å². The van der Waals surface area contributed by atoms with Crippen LogP contribution in [0.3, 0.4) is 0 Å². The fourth-order valence-corrected chi connectivity index (χ4v) is 3.37. The number of hydrogen-bond donors (Lipinski definition) is 1. The minimum atomic E-state index is -1.71. The van der Waals surface area contributed by atoms with E-state index in [1.54, 1.807) is 36.4 Å². The summed E-state index contributed by atoms with van der Waals surface area (Å²) in [5.41, 5.74) is 3.15. The van der Waals surface area contributed by atoms with Gasteiger partial charge in [0.25, 0.3) is 11.8 Å². The summed E-state index contributed by atoms with van der Waals surface area (Å²) in [7, 11) is 0. The summed E-state index contributed by atoms with van der Waals surface area (Å²) in [6, 6.07) is 12.2. The van der Waals surface area contributed by atoms with Crippen molar-refractivity contribution < 1.29 is 14.0 Å². The van der Waals surface area contributed by atoms with Crippen LogP contribution in [0.5, 0.6) is 0 Å². The highest BCUT2D eigenvalue weighted by Crippen LogP contribution is 2.33. The summed E-state index contributed by atoms with van der Waals surface area (Å²) >= 11 is 23.1. The molecule has 146 valence electrons. The lowest BCUT2D eigenvalue weighted by molar-refractivity contribution is -0.133. The number of aliphatic imine (C=N–C) groups is 1. The van der Waals surface area contributed by atoms with Gasteiger partial charge in [0.2, 0.25) is 0 Å². The first-order valence-electron chi connectivity index (χ1n) is 8.00. The molecule has 10 heteroatoms. The van der Waals surface area contributed by atoms with Crippen LogP contribution in [0, 0.1) is 0 Å². The van der Waals surface area contributed by atoms with Gasteiger partial charge in [-0.3, -0.25) is 15.0 Å². The first-order chi connectivity index (χ1) is 13.2. The summed E-state index contributed by atoms with van der Waals surface area (Å²) in [4.78, 5) is 29.6. The van der Waals surface area contributed by atoms with Crippen LogP contribution in [-0.2, 0) is 9.59 Å². The van der Waals surface area contributed by atoms with Gasteiger partial charge in [-0.15, -0.1) is 11.6 Å². The monoisotopic (exact) mass is 459 g/mol. The van der Waals surface area contributed by atoms with Crippen LogP contribution >= 0.6 is 46.4 Å². The Hall–Kier alpha value is -1.99. The Kier molecular flexibility index (Phi) is 6.35. The summed E-state index contributed by atoms with van der Waals surface area (Å²) < 4.78 is 3.52. The fourth-order valence-electron chi connectivity index (χ4n) is 2.39. The van der Waals surface area contributed by atoms with Crippen LogP contribution in [0.1, 0.15) is 17.7 Å². The number of nitrogens with one attached hydrogen (secondary N) is 1. The average molecular weight is 461 g/mol. The second-order valence-electron chi connectivity index (χ2n) is 5.75. The number of carbonyl (C=O) groups excluding carboxylic acids is 2. The molecule has 28 heavy (non-hydrogen) atoms. The van der Waals surface area contributed by atoms with Crippen LogP contribution in [-0.4, -0.2) is 31.8 Å². The van der Waals surface area contributed by atoms with E-state index in [2.05, 4.69) is 10.4 Å². The van der Waals surface area contributed by atoms with E-state index in [1.165, 1.54) is 12.3 Å². The molecule has 1 atom stereocenters. The summed E-state index contributed by atoms with van der Waals surface area (Å²) in [5.74, 6) is -0.584. The topological polar surface area (TPSA) is 74.9 Å². The molecule has 6 nitrogen and oxygen atoms in total. The smallest absolute Gasteiger partial charge is 0.297 e. The van der Waals surface area contributed by atoms with Gasteiger partial charge in [0, 0.05) is 18.1 Å². The maximum absolute atomic E-state index is 12.8. The van der Waals surface area contributed by atoms with Crippen LogP contribution in [0.15, 0.2) is 63.8 Å². The highest BCUT2D eigenvalue weighted by molar-refractivity contribution is 6.67. The molecule has 2 amide bonds. The number of carbonyl (C=O) groups is 2. The number of halogens is 4. The number of rotatable bonds is 5. The Morgan fingerprint density at radius 2 is 1.93 bits per heavy atom. The molecular weight excluding hydrogens is 448 g/mol. The van der Waals surface area contributed by atoms with Gasteiger partial charge in [-0.2, -0.15) is 5.01 Å². The Morgan fingerprint density at radius 3 is 2.54 bits per heavy atom. The molecule has 1 aromatic carbocycles. The summed E-state index contributed by atoms with van der Waals surface area (Å²) in [6.07, 6.45) is 2.71. The maximum atomic E-state index is 12.8. The maximum Gasteiger partial charge on any atom is 0.297 e. The highest BCUT2D eigenvalue weighted by atomic mass is 35.6. The van der Waals surface area contributed by atoms with Crippen molar-refractivity contribution in [1.29, 1.82) is 0 Å². The van der Waals surface area contributed by atoms with Crippen molar-refractivity contribution in [1.82, 2.24) is 10.4 Å². The molecule has 0 radical (unpaired) electrons. The molecule has 0 saturated carbocycles. The van der Waals surface area contributed by atoms with Crippen LogP contribution in [0.25, 0.3) is 6.08 Å². The summed E-state index contributed by atoms with van der Waals surface area (Å²) in [6.45, 7) is 0. The van der Waals surface area contributed by atoms with Gasteiger partial charge >= 0.3 is 0 Å². The number of hydrogen-bond acceptors (Lipinski definition) is 4. The number of amides is 2. The predicted octanol–water partition coefficient (Wildman–Crippen LogP) is 4.31. The highest BCUT2D eigenvalue weighted by Gasteiger charge is 2.36. The molecule has 1 aromatic heterocycles. The minimum Gasteiger partial charge on any atom is -0.465 e. The van der Waals surface area contributed by atoms with Gasteiger partial charge < -0.3 is 4.42 Å². The van der Waals surface area contributed by atoms with Crippen LogP contribution < -0.4 is 5.43 Å². The Bertz CT molecular complexity index is 921. The molecule has 1 aliphatic heterocycles. The van der Waals surface area contributed by atoms with E-state index in [0.29, 0.717) is 11.3 Å². The molecule has 0 bridgehead atoms. The van der Waals surface area contributed by atoms with Crippen molar-refractivity contribution in [3.05, 3.63) is 65.7 Å². The molecule has 0 aliphatic carbocycles. The van der Waals surface area contributed by atoms with Gasteiger partial charge in [0.1, 0.15) is 16.8 Å². The first-order valence-corrected chi connectivity index (χ1v) is 9.57. The predicted molar refractivity (Wildman–Crippen MR) is 109 cm³/mol. The minimum absolute atomic E-state index is 0.0848. The zero-order chi connectivity index (χ0) is 20.3. The fraction of sp³-hybridized carbons (Fsp3) is 0.167. The van der Waals surface area contributed by atoms with E-state index in [4.69, 9.17) is 50.8 Å². The van der Waals surface area contributed by atoms with E-state index in [-0.39, 0.29) is 18.0 Å². The molecule has 3 rings (SSSR count). The standard InChI is InChI=1S/C18H13Cl4N3O3/c19-13(10-18(20,21)22)16(26)24-25-15(11-5-2-1-3-6-11)23-14(17(25)27)9-12-7-4-8-28-12/h1-9,13H,10H2,(H,24,26). The van der Waals surface area contributed by atoms with Crippen molar-refractivity contribution in [2.24, 2.45) is 4.99 Å². The number of hydrazine groups is 1. The Morgan fingerprint density at radius 1 is 1.21 bits per heavy atom. The van der Waals surface area contributed by atoms with Crippen molar-refractivity contribution in [2.75, 3.05) is 0 Å². The van der Waals surface area contributed by atoms with E-state index >= 15 is 0 Å². The third-order valence-electron chi connectivity index (χ3n) is 3.63. The number of benzene rings is 1. The quantitative estimate of drug-likeness (QED) is 0.533. The molecule has 2 heterocycles. The van der Waals surface area contributed by atoms with E-state index < -0.39 is 21.0 Å². The lowest BCUT2D eigenvalue weighted by Gasteiger charge is -2.22. The van der Waals surface area contributed by atoms with Gasteiger partial charge in [-0.25, -0.2) is 4.99 Å².